The average Bonchev–Trinajstić information content (AvgIpc) is 2.87. The van der Waals surface area contributed by atoms with E-state index >= 15 is 0 Å². The van der Waals surface area contributed by atoms with Crippen LogP contribution in [-0.2, 0) is 13.1 Å². The number of carboxylic acids is 2. The fourth-order valence-corrected chi connectivity index (χ4v) is 3.52. The Bertz CT molecular complexity index is 556. The fraction of sp³-hybridized carbons (Fsp3) is 0.556. The molecule has 0 unspecified atom stereocenters. The maximum absolute atomic E-state index is 11.3. The number of unbranched alkanes of at least 4 members (excludes halogenated alkanes) is 2. The number of aromatic carboxylic acids is 2. The first-order valence-electron chi connectivity index (χ1n) is 8.38. The minimum absolute atomic E-state index is 0.158. The minimum Gasteiger partial charge on any atom is -0.545 e. The van der Waals surface area contributed by atoms with Crippen molar-refractivity contribution in [2.45, 2.75) is 52.6 Å². The molecule has 0 radical (unpaired) electrons. The molecule has 1 aromatic carbocycles. The lowest BCUT2D eigenvalue weighted by Gasteiger charge is -2.34. The van der Waals surface area contributed by atoms with Crippen LogP contribution in [0.5, 0.6) is 0 Å². The smallest absolute Gasteiger partial charge is 0.336 e. The lowest BCUT2D eigenvalue weighted by Crippen LogP contribution is -2.44. The van der Waals surface area contributed by atoms with Gasteiger partial charge in [0.2, 0.25) is 0 Å². The van der Waals surface area contributed by atoms with Gasteiger partial charge in [-0.05, 0) is 25.0 Å². The standard InChI is InChI=1S/C18H25NO4/c1-3-5-7-19(8-6-4-2)11-13-9-15(17(20)21)16(18(22)23)10-14(13)12-19/h9-10H,3-8,11-12H2,1-2H3,(H-,20,21,22,23)/i20+2. The van der Waals surface area contributed by atoms with E-state index in [1.165, 1.54) is 6.07 Å². The van der Waals surface area contributed by atoms with Crippen LogP contribution in [0.4, 0.5) is 0 Å². The first kappa shape index (κ1) is 17.5. The molecule has 23 heavy (non-hydrogen) atoms. The summed E-state index contributed by atoms with van der Waals surface area (Å²) in [6.45, 7) is 8.01. The van der Waals surface area contributed by atoms with E-state index < -0.39 is 11.9 Å². The number of quaternary nitrogens is 1. The Morgan fingerprint density at radius 3 is 1.91 bits per heavy atom. The van der Waals surface area contributed by atoms with E-state index in [4.69, 9.17) is 0 Å². The van der Waals surface area contributed by atoms with Crippen LogP contribution in [0.3, 0.4) is 0 Å². The Morgan fingerprint density at radius 2 is 1.52 bits per heavy atom. The van der Waals surface area contributed by atoms with Crippen LogP contribution in [0.15, 0.2) is 12.1 Å². The van der Waals surface area contributed by atoms with E-state index in [0.29, 0.717) is 0 Å². The molecule has 1 heterocycles. The summed E-state index contributed by atoms with van der Waals surface area (Å²) in [4.78, 5) is 22.6. The topological polar surface area (TPSA) is 77.4 Å². The second kappa shape index (κ2) is 7.13. The van der Waals surface area contributed by atoms with Gasteiger partial charge in [0, 0.05) is 16.7 Å². The lowest BCUT2D eigenvalue weighted by atomic mass is 10.0. The zero-order chi connectivity index (χ0) is 17.0. The van der Waals surface area contributed by atoms with Crippen LogP contribution in [0.1, 0.15) is 71.4 Å². The molecule has 5 nitrogen and oxygen atoms in total. The zero-order valence-corrected chi connectivity index (χ0v) is 13.9. The molecule has 0 aliphatic carbocycles. The van der Waals surface area contributed by atoms with Crippen molar-refractivity contribution in [2.24, 2.45) is 0 Å². The Morgan fingerprint density at radius 1 is 1.04 bits per heavy atom. The zero-order valence-electron chi connectivity index (χ0n) is 13.9. The third-order valence-electron chi connectivity index (χ3n) is 4.77. The Kier molecular flexibility index (Phi) is 5.42. The predicted octanol–water partition coefficient (Wildman–Crippen LogP) is 2.18. The maximum atomic E-state index is 11.3. The highest BCUT2D eigenvalue weighted by Gasteiger charge is 2.36. The molecule has 126 valence electrons. The summed E-state index contributed by atoms with van der Waals surface area (Å²) >= 11 is 0. The van der Waals surface area contributed by atoms with Gasteiger partial charge in [0.05, 0.1) is 24.6 Å². The summed E-state index contributed by atoms with van der Waals surface area (Å²) in [7, 11) is 0. The number of hydrogen-bond donors (Lipinski definition) is 1. The van der Waals surface area contributed by atoms with Crippen molar-refractivity contribution in [3.63, 3.8) is 0 Å². The molecule has 0 bridgehead atoms. The van der Waals surface area contributed by atoms with E-state index in [9.17, 15) is 19.8 Å². The van der Waals surface area contributed by atoms with Crippen molar-refractivity contribution in [1.82, 2.24) is 0 Å². The van der Waals surface area contributed by atoms with E-state index in [1.807, 2.05) is 0 Å². The summed E-state index contributed by atoms with van der Waals surface area (Å²) in [5.41, 5.74) is 1.57. The van der Waals surface area contributed by atoms with Crippen LogP contribution < -0.4 is 5.11 Å². The summed E-state index contributed by atoms with van der Waals surface area (Å²) in [6.07, 6.45) is 4.48. The molecule has 0 atom stereocenters. The van der Waals surface area contributed by atoms with Gasteiger partial charge in [0.15, 0.2) is 0 Å². The van der Waals surface area contributed by atoms with Crippen molar-refractivity contribution in [3.05, 3.63) is 34.4 Å². The fourth-order valence-electron chi connectivity index (χ4n) is 3.52. The van der Waals surface area contributed by atoms with Crippen LogP contribution in [0, 0.1) is 0 Å². The minimum atomic E-state index is -1.42. The molecule has 0 saturated carbocycles. The number of nitrogens with zero attached hydrogens (tertiary/aromatic N) is 1. The molecule has 0 saturated heterocycles. The number of rotatable bonds is 8. The summed E-state index contributed by atoms with van der Waals surface area (Å²) in [5, 5.41) is 20.5. The number of carbonyl (C=O) groups is 2. The highest BCUT2D eigenvalue weighted by molar-refractivity contribution is 6.01. The van der Waals surface area contributed by atoms with Gasteiger partial charge < -0.3 is 19.5 Å². The molecule has 5 heteroatoms. The van der Waals surface area contributed by atoms with Gasteiger partial charge in [0.1, 0.15) is 13.1 Å². The van der Waals surface area contributed by atoms with E-state index in [2.05, 4.69) is 13.8 Å². The van der Waals surface area contributed by atoms with Crippen LogP contribution in [0.2, 0.25) is 0 Å². The summed E-state index contributed by atoms with van der Waals surface area (Å²) < 4.78 is 0.909. The number of carbonyl (C=O) groups excluding carboxylic acids is 1. The molecule has 2 rings (SSSR count). The van der Waals surface area contributed by atoms with Gasteiger partial charge in [-0.25, -0.2) is 4.79 Å². The van der Waals surface area contributed by atoms with Crippen LogP contribution in [-0.4, -0.2) is 34.6 Å². The third kappa shape index (κ3) is 3.72. The van der Waals surface area contributed by atoms with Crippen molar-refractivity contribution in [1.29, 1.82) is 0 Å². The molecule has 0 spiro atoms. The highest BCUT2D eigenvalue weighted by atomic mass is 18.2. The quantitative estimate of drug-likeness (QED) is 0.588. The van der Waals surface area contributed by atoms with Crippen molar-refractivity contribution < 1.29 is 24.3 Å². The van der Waals surface area contributed by atoms with Gasteiger partial charge in [0.25, 0.3) is 0 Å². The molecule has 0 amide bonds. The first-order valence-corrected chi connectivity index (χ1v) is 8.38. The van der Waals surface area contributed by atoms with Gasteiger partial charge in [-0.3, -0.25) is 0 Å². The molecule has 0 aromatic heterocycles. The number of carboxylic acid groups (broad SMARTS) is 2. The van der Waals surface area contributed by atoms with Gasteiger partial charge >= 0.3 is 5.97 Å². The van der Waals surface area contributed by atoms with Crippen molar-refractivity contribution in [3.8, 4) is 0 Å². The van der Waals surface area contributed by atoms with Gasteiger partial charge in [-0.2, -0.15) is 0 Å². The molecule has 0 fully saturated rings. The van der Waals surface area contributed by atoms with E-state index in [-0.39, 0.29) is 11.1 Å². The van der Waals surface area contributed by atoms with Crippen molar-refractivity contribution in [2.75, 3.05) is 13.1 Å². The van der Waals surface area contributed by atoms with E-state index in [0.717, 1.165) is 67.5 Å². The monoisotopic (exact) mass is 321 g/mol. The predicted molar refractivity (Wildman–Crippen MR) is 85.0 cm³/mol. The first-order chi connectivity index (χ1) is 10.9. The Balaban J connectivity index is 2.37. The normalized spacial score (nSPS) is 15.4. The Hall–Kier alpha value is -1.88. The molecule has 1 aliphatic heterocycles. The highest BCUT2D eigenvalue weighted by Crippen LogP contribution is 2.33. The SMILES string of the molecule is CCCC[N+]1(CCCC)Cc2cc(C(=O)O)c(C(=O)[18O-])cc2C1. The molecule has 1 aliphatic rings. The maximum Gasteiger partial charge on any atom is 0.336 e. The summed E-state index contributed by atoms with van der Waals surface area (Å²) in [6, 6.07) is 3.06. The van der Waals surface area contributed by atoms with Gasteiger partial charge in [-0.1, -0.05) is 26.7 Å². The van der Waals surface area contributed by atoms with Crippen LogP contribution in [0.25, 0.3) is 0 Å². The second-order valence-corrected chi connectivity index (χ2v) is 6.57. The lowest BCUT2D eigenvalue weighted by molar-refractivity contribution is -0.947. The molecule has 1 N–H and O–H groups in total. The average molecular weight is 321 g/mol. The number of benzene rings is 1. The van der Waals surface area contributed by atoms with Crippen LogP contribution >= 0.6 is 0 Å². The number of fused-ring (bicyclic) bond motifs is 1. The van der Waals surface area contributed by atoms with E-state index in [1.54, 1.807) is 6.07 Å². The summed E-state index contributed by atoms with van der Waals surface area (Å²) in [5.74, 6) is -2.63. The van der Waals surface area contributed by atoms with Crippen molar-refractivity contribution >= 4 is 11.9 Å². The molecule has 1 aromatic rings. The number of hydrogen-bond acceptors (Lipinski definition) is 3. The third-order valence-corrected chi connectivity index (χ3v) is 4.77. The molecular weight excluding hydrogens is 296 g/mol. The second-order valence-electron chi connectivity index (χ2n) is 6.57. The largest absolute Gasteiger partial charge is 0.545 e. The Labute approximate surface area is 137 Å². The van der Waals surface area contributed by atoms with Gasteiger partial charge in [-0.15, -0.1) is 0 Å². The molecular formula is C18H25NO4.